The van der Waals surface area contributed by atoms with E-state index in [9.17, 15) is 9.90 Å². The van der Waals surface area contributed by atoms with Crippen molar-refractivity contribution in [1.82, 2.24) is 25.3 Å². The molecular formula is C34H42N6O5. The number of carbonyl (C=O) groups excluding carboxylic acids is 1. The molecule has 2 aromatic carbocycles. The number of aromatic nitrogens is 3. The van der Waals surface area contributed by atoms with Crippen LogP contribution in [-0.2, 0) is 11.3 Å². The van der Waals surface area contributed by atoms with Crippen LogP contribution in [0.1, 0.15) is 35.4 Å². The molecule has 0 bridgehead atoms. The number of ether oxygens (including phenoxy) is 2. The zero-order chi connectivity index (χ0) is 31.8. The number of hydrogen-bond acceptors (Lipinski definition) is 10. The van der Waals surface area contributed by atoms with E-state index in [0.29, 0.717) is 49.4 Å². The SMILES string of the molecule is CNCC(O)COc1cccc(-c2nc(NCC3CCN(C(=O)OCc4ccccc4)CC3)c(C)c(-c3c(C)noc3C)n2)c1. The molecule has 3 heterocycles. The van der Waals surface area contributed by atoms with Gasteiger partial charge < -0.3 is 34.6 Å². The van der Waals surface area contributed by atoms with E-state index in [4.69, 9.17) is 24.0 Å². The molecular weight excluding hydrogens is 572 g/mol. The Morgan fingerprint density at radius 3 is 2.58 bits per heavy atom. The van der Waals surface area contributed by atoms with Gasteiger partial charge in [0, 0.05) is 37.3 Å². The Balaban J connectivity index is 1.29. The minimum Gasteiger partial charge on any atom is -0.491 e. The van der Waals surface area contributed by atoms with Crippen molar-refractivity contribution in [3.8, 4) is 28.4 Å². The molecule has 1 unspecified atom stereocenters. The number of aliphatic hydroxyl groups excluding tert-OH is 1. The number of likely N-dealkylation sites (tertiary alicyclic amines) is 1. The first kappa shape index (κ1) is 31.9. The van der Waals surface area contributed by atoms with Crippen molar-refractivity contribution >= 4 is 11.9 Å². The fourth-order valence-corrected chi connectivity index (χ4v) is 5.47. The molecule has 5 rings (SSSR count). The molecule has 1 amide bonds. The highest BCUT2D eigenvalue weighted by Crippen LogP contribution is 2.34. The fraction of sp³-hybridized carbons (Fsp3) is 0.412. The number of aryl methyl sites for hydroxylation is 2. The maximum Gasteiger partial charge on any atom is 0.410 e. The molecule has 11 heteroatoms. The number of hydrogen-bond donors (Lipinski definition) is 3. The van der Waals surface area contributed by atoms with E-state index >= 15 is 0 Å². The normalized spacial score (nSPS) is 14.3. The molecule has 1 aliphatic rings. The Kier molecular flexibility index (Phi) is 10.6. The second-order valence-electron chi connectivity index (χ2n) is 11.5. The smallest absolute Gasteiger partial charge is 0.410 e. The van der Waals surface area contributed by atoms with Gasteiger partial charge in [0.2, 0.25) is 0 Å². The monoisotopic (exact) mass is 614 g/mol. The molecule has 1 fully saturated rings. The first-order chi connectivity index (χ1) is 21.8. The van der Waals surface area contributed by atoms with Gasteiger partial charge >= 0.3 is 6.09 Å². The van der Waals surface area contributed by atoms with E-state index in [-0.39, 0.29) is 19.3 Å². The molecule has 3 N–H and O–H groups in total. The topological polar surface area (TPSA) is 135 Å². The zero-order valence-corrected chi connectivity index (χ0v) is 26.4. The van der Waals surface area contributed by atoms with Crippen molar-refractivity contribution in [2.75, 3.05) is 45.2 Å². The Bertz CT molecular complexity index is 1550. The van der Waals surface area contributed by atoms with E-state index in [1.165, 1.54) is 0 Å². The van der Waals surface area contributed by atoms with Gasteiger partial charge in [-0.05, 0) is 64.3 Å². The Labute approximate surface area is 264 Å². The van der Waals surface area contributed by atoms with Crippen LogP contribution in [0.15, 0.2) is 59.1 Å². The fourth-order valence-electron chi connectivity index (χ4n) is 5.47. The summed E-state index contributed by atoms with van der Waals surface area (Å²) in [5, 5.41) is 20.8. The Morgan fingerprint density at radius 1 is 1.09 bits per heavy atom. The predicted molar refractivity (Wildman–Crippen MR) is 172 cm³/mol. The molecule has 2 aromatic heterocycles. The first-order valence-corrected chi connectivity index (χ1v) is 15.4. The van der Waals surface area contributed by atoms with E-state index in [0.717, 1.165) is 52.3 Å². The van der Waals surface area contributed by atoms with Crippen molar-refractivity contribution in [1.29, 1.82) is 0 Å². The van der Waals surface area contributed by atoms with Gasteiger partial charge in [0.15, 0.2) is 5.82 Å². The molecule has 238 valence electrons. The third-order valence-corrected chi connectivity index (χ3v) is 8.03. The standard InChI is InChI=1S/C34H42N6O5/c1-22-31(30-23(2)39-45-24(30)3)37-33(27-11-8-12-29(17-27)43-21-28(41)19-35-4)38-32(22)36-18-25-13-15-40(16-14-25)34(42)44-20-26-9-6-5-7-10-26/h5-12,17,25,28,35,41H,13-16,18-21H2,1-4H3,(H,36,37,38). The predicted octanol–water partition coefficient (Wildman–Crippen LogP) is 5.14. The highest BCUT2D eigenvalue weighted by molar-refractivity contribution is 5.74. The highest BCUT2D eigenvalue weighted by Gasteiger charge is 2.25. The molecule has 1 saturated heterocycles. The van der Waals surface area contributed by atoms with Crippen molar-refractivity contribution in [3.05, 3.63) is 77.2 Å². The quantitative estimate of drug-likeness (QED) is 0.197. The number of rotatable bonds is 12. The summed E-state index contributed by atoms with van der Waals surface area (Å²) >= 11 is 0. The van der Waals surface area contributed by atoms with Crippen LogP contribution >= 0.6 is 0 Å². The second kappa shape index (κ2) is 15.0. The Hall–Kier alpha value is -4.48. The molecule has 4 aromatic rings. The third kappa shape index (κ3) is 8.17. The van der Waals surface area contributed by atoms with Crippen LogP contribution in [0, 0.1) is 26.7 Å². The van der Waals surface area contributed by atoms with Crippen molar-refractivity contribution in [2.45, 2.75) is 46.3 Å². The van der Waals surface area contributed by atoms with E-state index in [1.54, 1.807) is 11.9 Å². The summed E-state index contributed by atoms with van der Waals surface area (Å²) in [7, 11) is 1.79. The lowest BCUT2D eigenvalue weighted by atomic mass is 9.97. The summed E-state index contributed by atoms with van der Waals surface area (Å²) in [5.74, 6) is 2.94. The number of carbonyl (C=O) groups is 1. The van der Waals surface area contributed by atoms with Gasteiger partial charge in [0.25, 0.3) is 0 Å². The molecule has 11 nitrogen and oxygen atoms in total. The van der Waals surface area contributed by atoms with Crippen molar-refractivity contribution < 1.29 is 23.9 Å². The zero-order valence-electron chi connectivity index (χ0n) is 26.4. The number of benzene rings is 2. The van der Waals surface area contributed by atoms with Crippen molar-refractivity contribution in [2.24, 2.45) is 5.92 Å². The number of anilines is 1. The minimum atomic E-state index is -0.622. The van der Waals surface area contributed by atoms with Crippen LogP contribution in [0.2, 0.25) is 0 Å². The number of nitrogens with zero attached hydrogens (tertiary/aromatic N) is 4. The first-order valence-electron chi connectivity index (χ1n) is 15.4. The van der Waals surface area contributed by atoms with Gasteiger partial charge in [-0.3, -0.25) is 0 Å². The van der Waals surface area contributed by atoms with Crippen LogP contribution in [0.25, 0.3) is 22.6 Å². The van der Waals surface area contributed by atoms with E-state index < -0.39 is 6.10 Å². The lowest BCUT2D eigenvalue weighted by Gasteiger charge is -2.31. The van der Waals surface area contributed by atoms with Gasteiger partial charge in [-0.15, -0.1) is 0 Å². The van der Waals surface area contributed by atoms with Gasteiger partial charge in [-0.2, -0.15) is 0 Å². The highest BCUT2D eigenvalue weighted by atomic mass is 16.6. The van der Waals surface area contributed by atoms with E-state index in [2.05, 4.69) is 15.8 Å². The number of aliphatic hydroxyl groups is 1. The van der Waals surface area contributed by atoms with Crippen LogP contribution in [0.4, 0.5) is 10.6 Å². The van der Waals surface area contributed by atoms with E-state index in [1.807, 2.05) is 75.4 Å². The summed E-state index contributed by atoms with van der Waals surface area (Å²) in [4.78, 5) is 24.3. The summed E-state index contributed by atoms with van der Waals surface area (Å²) in [6, 6.07) is 17.3. The summed E-state index contributed by atoms with van der Waals surface area (Å²) in [6.07, 6.45) is 0.830. The number of piperidine rings is 1. The molecule has 45 heavy (non-hydrogen) atoms. The van der Waals surface area contributed by atoms with Crippen LogP contribution < -0.4 is 15.4 Å². The average molecular weight is 615 g/mol. The second-order valence-corrected chi connectivity index (χ2v) is 11.5. The van der Waals surface area contributed by atoms with Crippen LogP contribution in [0.5, 0.6) is 5.75 Å². The minimum absolute atomic E-state index is 0.166. The molecule has 0 saturated carbocycles. The maximum absolute atomic E-state index is 12.6. The lowest BCUT2D eigenvalue weighted by molar-refractivity contribution is 0.0832. The molecule has 0 aliphatic carbocycles. The van der Waals surface area contributed by atoms with Gasteiger partial charge in [-0.1, -0.05) is 47.6 Å². The average Bonchev–Trinajstić information content (AvgIpc) is 3.40. The number of nitrogens with one attached hydrogen (secondary N) is 2. The summed E-state index contributed by atoms with van der Waals surface area (Å²) < 4.78 is 16.9. The number of likely N-dealkylation sites (N-methyl/N-ethyl adjacent to an activating group) is 1. The largest absolute Gasteiger partial charge is 0.491 e. The molecule has 1 aliphatic heterocycles. The van der Waals surface area contributed by atoms with Gasteiger partial charge in [-0.25, -0.2) is 14.8 Å². The lowest BCUT2D eigenvalue weighted by Crippen LogP contribution is -2.40. The number of amides is 1. The maximum atomic E-state index is 12.6. The summed E-state index contributed by atoms with van der Waals surface area (Å²) in [6.45, 7) is 8.67. The van der Waals surface area contributed by atoms with Gasteiger partial charge in [0.05, 0.1) is 17.0 Å². The third-order valence-electron chi connectivity index (χ3n) is 8.03. The molecule has 0 spiro atoms. The van der Waals surface area contributed by atoms with Crippen LogP contribution in [0.3, 0.4) is 0 Å². The summed E-state index contributed by atoms with van der Waals surface area (Å²) in [5.41, 5.74) is 5.03. The Morgan fingerprint density at radius 2 is 1.87 bits per heavy atom. The van der Waals surface area contributed by atoms with Gasteiger partial charge in [0.1, 0.15) is 36.6 Å². The molecule has 1 atom stereocenters. The molecule has 0 radical (unpaired) electrons. The van der Waals surface area contributed by atoms with Crippen molar-refractivity contribution in [3.63, 3.8) is 0 Å². The van der Waals surface area contributed by atoms with Crippen LogP contribution in [-0.4, -0.2) is 77.2 Å².